The van der Waals surface area contributed by atoms with Crippen LogP contribution in [0.15, 0.2) is 36.5 Å². The van der Waals surface area contributed by atoms with Gasteiger partial charge in [0.15, 0.2) is 5.82 Å². The number of hydrogen-bond donors (Lipinski definition) is 0. The Morgan fingerprint density at radius 1 is 1.08 bits per heavy atom. The lowest BCUT2D eigenvalue weighted by atomic mass is 10.1. The van der Waals surface area contributed by atoms with Crippen LogP contribution in [0.3, 0.4) is 0 Å². The quantitative estimate of drug-likeness (QED) is 0.712. The van der Waals surface area contributed by atoms with Crippen LogP contribution >= 0.6 is 11.8 Å². The molecule has 1 saturated heterocycles. The lowest BCUT2D eigenvalue weighted by molar-refractivity contribution is 0.629. The molecule has 1 aromatic carbocycles. The van der Waals surface area contributed by atoms with Crippen molar-refractivity contribution in [2.45, 2.75) is 6.92 Å². The van der Waals surface area contributed by atoms with Crippen molar-refractivity contribution in [1.82, 2.24) is 15.0 Å². The summed E-state index contributed by atoms with van der Waals surface area (Å²) in [5.74, 6) is 3.56. The highest BCUT2D eigenvalue weighted by molar-refractivity contribution is 7.99. The zero-order valence-electron chi connectivity index (χ0n) is 13.4. The summed E-state index contributed by atoms with van der Waals surface area (Å²) in [4.78, 5) is 15.9. The molecule has 3 heterocycles. The smallest absolute Gasteiger partial charge is 0.161 e. The van der Waals surface area contributed by atoms with E-state index in [9.17, 15) is 4.39 Å². The van der Waals surface area contributed by atoms with Crippen LogP contribution in [-0.4, -0.2) is 39.5 Å². The molecule has 0 amide bonds. The molecule has 1 aliphatic heterocycles. The third kappa shape index (κ3) is 2.94. The molecule has 3 aromatic rings. The minimum atomic E-state index is -0.289. The summed E-state index contributed by atoms with van der Waals surface area (Å²) in [6.45, 7) is 3.97. The van der Waals surface area contributed by atoms with E-state index < -0.39 is 0 Å². The molecule has 6 heteroatoms. The van der Waals surface area contributed by atoms with Gasteiger partial charge >= 0.3 is 0 Å². The molecule has 1 aliphatic rings. The highest BCUT2D eigenvalue weighted by atomic mass is 32.2. The fourth-order valence-corrected chi connectivity index (χ4v) is 3.79. The number of aromatic nitrogens is 3. The summed E-state index contributed by atoms with van der Waals surface area (Å²) in [5, 5.41) is 0.871. The molecule has 0 bridgehead atoms. The van der Waals surface area contributed by atoms with Gasteiger partial charge in [-0.1, -0.05) is 0 Å². The maximum Gasteiger partial charge on any atom is 0.161 e. The molecule has 4 nitrogen and oxygen atoms in total. The lowest BCUT2D eigenvalue weighted by Gasteiger charge is -2.27. The molecule has 4 rings (SSSR count). The van der Waals surface area contributed by atoms with Crippen molar-refractivity contribution in [3.8, 4) is 11.4 Å². The summed E-state index contributed by atoms with van der Waals surface area (Å²) in [6.07, 6.45) is 1.80. The van der Waals surface area contributed by atoms with E-state index in [0.29, 0.717) is 11.3 Å². The number of benzene rings is 1. The predicted octanol–water partition coefficient (Wildman–Crippen LogP) is 3.69. The topological polar surface area (TPSA) is 41.9 Å². The molecule has 2 aromatic heterocycles. The van der Waals surface area contributed by atoms with Crippen LogP contribution < -0.4 is 4.90 Å². The fourth-order valence-electron chi connectivity index (χ4n) is 2.89. The fraction of sp³-hybridized carbons (Fsp3) is 0.278. The van der Waals surface area contributed by atoms with Gasteiger partial charge in [0.05, 0.1) is 5.52 Å². The monoisotopic (exact) mass is 340 g/mol. The average molecular weight is 340 g/mol. The summed E-state index contributed by atoms with van der Waals surface area (Å²) < 4.78 is 13.5. The lowest BCUT2D eigenvalue weighted by Crippen LogP contribution is -2.32. The number of nitrogens with zero attached hydrogens (tertiary/aromatic N) is 4. The first kappa shape index (κ1) is 15.3. The second kappa shape index (κ2) is 6.36. The first-order valence-electron chi connectivity index (χ1n) is 7.94. The van der Waals surface area contributed by atoms with Crippen molar-refractivity contribution in [3.05, 3.63) is 48.0 Å². The van der Waals surface area contributed by atoms with E-state index in [1.165, 1.54) is 12.1 Å². The second-order valence-electron chi connectivity index (χ2n) is 5.80. The molecule has 0 atom stereocenters. The van der Waals surface area contributed by atoms with E-state index in [-0.39, 0.29) is 5.82 Å². The Morgan fingerprint density at radius 2 is 1.92 bits per heavy atom. The van der Waals surface area contributed by atoms with Crippen molar-refractivity contribution in [2.24, 2.45) is 0 Å². The van der Waals surface area contributed by atoms with Crippen molar-refractivity contribution in [2.75, 3.05) is 29.5 Å². The van der Waals surface area contributed by atoms with Gasteiger partial charge in [0.1, 0.15) is 11.6 Å². The molecular formula is C18H17FN4S. The Hall–Kier alpha value is -2.21. The van der Waals surface area contributed by atoms with Gasteiger partial charge in [0.2, 0.25) is 0 Å². The first-order chi connectivity index (χ1) is 11.7. The highest BCUT2D eigenvalue weighted by Gasteiger charge is 2.13. The van der Waals surface area contributed by atoms with Gasteiger partial charge in [0, 0.05) is 53.5 Å². The van der Waals surface area contributed by atoms with E-state index in [1.807, 2.05) is 30.8 Å². The third-order valence-electron chi connectivity index (χ3n) is 4.19. The largest absolute Gasteiger partial charge is 0.355 e. The van der Waals surface area contributed by atoms with Crippen LogP contribution in [0.4, 0.5) is 10.2 Å². The summed E-state index contributed by atoms with van der Waals surface area (Å²) in [6, 6.07) is 8.61. The van der Waals surface area contributed by atoms with Crippen LogP contribution in [0, 0.1) is 12.7 Å². The maximum absolute atomic E-state index is 13.5. The maximum atomic E-state index is 13.5. The second-order valence-corrected chi connectivity index (χ2v) is 7.02. The Balaban J connectivity index is 1.69. The van der Waals surface area contributed by atoms with Crippen molar-refractivity contribution >= 4 is 28.5 Å². The number of pyridine rings is 1. The number of anilines is 1. The number of halogens is 1. The Bertz CT molecular complexity index is 876. The highest BCUT2D eigenvalue weighted by Crippen LogP contribution is 2.24. The summed E-state index contributed by atoms with van der Waals surface area (Å²) >= 11 is 1.98. The zero-order chi connectivity index (χ0) is 16.5. The number of fused-ring (bicyclic) bond motifs is 1. The average Bonchev–Trinajstić information content (AvgIpc) is 2.62. The molecule has 0 unspecified atom stereocenters. The number of hydrogen-bond acceptors (Lipinski definition) is 5. The van der Waals surface area contributed by atoms with E-state index in [0.717, 1.165) is 47.1 Å². The third-order valence-corrected chi connectivity index (χ3v) is 5.13. The molecule has 0 saturated carbocycles. The van der Waals surface area contributed by atoms with Crippen LogP contribution in [0.5, 0.6) is 0 Å². The van der Waals surface area contributed by atoms with Gasteiger partial charge in [-0.2, -0.15) is 11.8 Å². The molecule has 1 fully saturated rings. The molecular weight excluding hydrogens is 323 g/mol. The van der Waals surface area contributed by atoms with Gasteiger partial charge in [-0.05, 0) is 31.2 Å². The van der Waals surface area contributed by atoms with E-state index >= 15 is 0 Å². The Morgan fingerprint density at radius 3 is 2.67 bits per heavy atom. The van der Waals surface area contributed by atoms with E-state index in [4.69, 9.17) is 0 Å². The van der Waals surface area contributed by atoms with Crippen molar-refractivity contribution in [3.63, 3.8) is 0 Å². The summed E-state index contributed by atoms with van der Waals surface area (Å²) in [5.41, 5.74) is 2.31. The van der Waals surface area contributed by atoms with Gasteiger partial charge < -0.3 is 4.90 Å². The van der Waals surface area contributed by atoms with Gasteiger partial charge in [-0.3, -0.25) is 0 Å². The summed E-state index contributed by atoms with van der Waals surface area (Å²) in [7, 11) is 0. The Kier molecular flexibility index (Phi) is 4.06. The van der Waals surface area contributed by atoms with Crippen molar-refractivity contribution < 1.29 is 4.39 Å². The molecule has 0 spiro atoms. The number of aryl methyl sites for hydroxylation is 1. The van der Waals surface area contributed by atoms with Gasteiger partial charge in [-0.25, -0.2) is 19.3 Å². The minimum Gasteiger partial charge on any atom is -0.355 e. The molecule has 0 radical (unpaired) electrons. The van der Waals surface area contributed by atoms with E-state index in [2.05, 4.69) is 19.9 Å². The predicted molar refractivity (Wildman–Crippen MR) is 97.0 cm³/mol. The molecule has 122 valence electrons. The van der Waals surface area contributed by atoms with Crippen molar-refractivity contribution in [1.29, 1.82) is 0 Å². The zero-order valence-corrected chi connectivity index (χ0v) is 14.2. The van der Waals surface area contributed by atoms with E-state index in [1.54, 1.807) is 12.3 Å². The normalized spacial score (nSPS) is 15.0. The van der Waals surface area contributed by atoms with Gasteiger partial charge in [-0.15, -0.1) is 0 Å². The standard InChI is InChI=1S/C18H17FN4S/c1-12-15-4-3-14(19)10-16(15)22-18(21-12)13-2-5-17(20-11-13)23-6-8-24-9-7-23/h2-5,10-11H,6-9H2,1H3. The van der Waals surface area contributed by atoms with Crippen LogP contribution in [0.2, 0.25) is 0 Å². The minimum absolute atomic E-state index is 0.289. The Labute approximate surface area is 144 Å². The SMILES string of the molecule is Cc1nc(-c2ccc(N3CCSCC3)nc2)nc2cc(F)ccc12. The number of rotatable bonds is 2. The number of thioether (sulfide) groups is 1. The van der Waals surface area contributed by atoms with Crippen LogP contribution in [0.1, 0.15) is 5.69 Å². The van der Waals surface area contributed by atoms with Crippen LogP contribution in [-0.2, 0) is 0 Å². The van der Waals surface area contributed by atoms with Gasteiger partial charge in [0.25, 0.3) is 0 Å². The molecule has 0 aliphatic carbocycles. The molecule has 0 N–H and O–H groups in total. The van der Waals surface area contributed by atoms with Crippen LogP contribution in [0.25, 0.3) is 22.3 Å². The molecule has 24 heavy (non-hydrogen) atoms. The first-order valence-corrected chi connectivity index (χ1v) is 9.09.